The third-order valence-corrected chi connectivity index (χ3v) is 3.55. The fraction of sp³-hybridized carbons (Fsp3) is 0.200. The molecular formula is C15H14BrNO4. The van der Waals surface area contributed by atoms with E-state index >= 15 is 0 Å². The number of rotatable bonds is 5. The maximum absolute atomic E-state index is 12.0. The predicted molar refractivity (Wildman–Crippen MR) is 82.0 cm³/mol. The highest BCUT2D eigenvalue weighted by atomic mass is 79.9. The van der Waals surface area contributed by atoms with Crippen LogP contribution in [0.1, 0.15) is 16.1 Å². The van der Waals surface area contributed by atoms with Crippen LogP contribution in [0.4, 0.5) is 0 Å². The van der Waals surface area contributed by atoms with Crippen molar-refractivity contribution in [1.29, 1.82) is 0 Å². The second kappa shape index (κ2) is 6.58. The van der Waals surface area contributed by atoms with Crippen molar-refractivity contribution in [2.45, 2.75) is 13.5 Å². The van der Waals surface area contributed by atoms with Gasteiger partial charge in [0.25, 0.3) is 5.56 Å². The lowest BCUT2D eigenvalue weighted by molar-refractivity contribution is 0.0694. The molecule has 2 aromatic rings. The maximum atomic E-state index is 12.0. The Bertz CT molecular complexity index is 707. The number of ether oxygens (including phenoxy) is 1. The Morgan fingerprint density at radius 1 is 1.24 bits per heavy atom. The summed E-state index contributed by atoms with van der Waals surface area (Å²) in [4.78, 5) is 23.0. The Morgan fingerprint density at radius 2 is 1.90 bits per heavy atom. The predicted octanol–water partition coefficient (Wildman–Crippen LogP) is 2.70. The van der Waals surface area contributed by atoms with Crippen molar-refractivity contribution in [2.24, 2.45) is 0 Å². The van der Waals surface area contributed by atoms with Gasteiger partial charge in [0.15, 0.2) is 0 Å². The van der Waals surface area contributed by atoms with E-state index in [4.69, 9.17) is 9.84 Å². The van der Waals surface area contributed by atoms with Gasteiger partial charge in [0, 0.05) is 10.2 Å². The molecule has 0 saturated heterocycles. The van der Waals surface area contributed by atoms with Crippen LogP contribution in [0.15, 0.2) is 45.7 Å². The number of aryl methyl sites for hydroxylation is 1. The van der Waals surface area contributed by atoms with Crippen LogP contribution in [0.25, 0.3) is 0 Å². The van der Waals surface area contributed by atoms with Crippen LogP contribution in [0, 0.1) is 6.92 Å². The average molecular weight is 352 g/mol. The molecule has 1 aromatic carbocycles. The van der Waals surface area contributed by atoms with Crippen molar-refractivity contribution in [3.8, 4) is 5.75 Å². The monoisotopic (exact) mass is 351 g/mol. The fourth-order valence-corrected chi connectivity index (χ4v) is 2.16. The molecule has 0 fully saturated rings. The van der Waals surface area contributed by atoms with Gasteiger partial charge >= 0.3 is 5.97 Å². The maximum Gasteiger partial charge on any atom is 0.341 e. The molecule has 6 heteroatoms. The van der Waals surface area contributed by atoms with Gasteiger partial charge in [-0.25, -0.2) is 4.79 Å². The summed E-state index contributed by atoms with van der Waals surface area (Å²) >= 11 is 3.33. The number of carboxylic acids is 1. The van der Waals surface area contributed by atoms with Gasteiger partial charge < -0.3 is 14.4 Å². The number of carbonyl (C=O) groups is 1. The van der Waals surface area contributed by atoms with Crippen molar-refractivity contribution < 1.29 is 14.6 Å². The molecule has 1 aromatic heterocycles. The van der Waals surface area contributed by atoms with E-state index in [2.05, 4.69) is 15.9 Å². The average Bonchev–Trinajstić information content (AvgIpc) is 2.44. The molecule has 0 saturated carbocycles. The van der Waals surface area contributed by atoms with E-state index in [0.29, 0.717) is 18.0 Å². The fourth-order valence-electron chi connectivity index (χ4n) is 1.90. The lowest BCUT2D eigenvalue weighted by Crippen LogP contribution is -2.29. The molecule has 0 bridgehead atoms. The lowest BCUT2D eigenvalue weighted by atomic mass is 10.2. The van der Waals surface area contributed by atoms with Crippen LogP contribution >= 0.6 is 15.9 Å². The van der Waals surface area contributed by atoms with E-state index < -0.39 is 11.5 Å². The third-order valence-electron chi connectivity index (χ3n) is 3.02. The van der Waals surface area contributed by atoms with Crippen LogP contribution in [0.2, 0.25) is 0 Å². The van der Waals surface area contributed by atoms with E-state index in [1.165, 1.54) is 10.6 Å². The molecule has 110 valence electrons. The first kappa shape index (κ1) is 15.3. The molecular weight excluding hydrogens is 338 g/mol. The summed E-state index contributed by atoms with van der Waals surface area (Å²) in [6.45, 7) is 2.33. The number of aromatic carboxylic acids is 1. The van der Waals surface area contributed by atoms with E-state index in [-0.39, 0.29) is 12.2 Å². The van der Waals surface area contributed by atoms with Gasteiger partial charge in [0.05, 0.1) is 6.54 Å². The first-order valence-corrected chi connectivity index (χ1v) is 7.10. The molecule has 5 nitrogen and oxygen atoms in total. The molecule has 0 atom stereocenters. The van der Waals surface area contributed by atoms with E-state index in [9.17, 15) is 9.59 Å². The van der Waals surface area contributed by atoms with Crippen LogP contribution in [0.3, 0.4) is 0 Å². The Balaban J connectivity index is 2.09. The standard InChI is InChI=1S/C15H14BrNO4/c1-10-2-7-13(15(19)20)14(18)17(10)8-9-21-12-5-3-11(16)4-6-12/h2-7H,8-9H2,1H3,(H,19,20). The van der Waals surface area contributed by atoms with Crippen molar-refractivity contribution in [1.82, 2.24) is 4.57 Å². The van der Waals surface area contributed by atoms with Crippen LogP contribution in [-0.4, -0.2) is 22.2 Å². The highest BCUT2D eigenvalue weighted by Gasteiger charge is 2.12. The van der Waals surface area contributed by atoms with Gasteiger partial charge in [-0.1, -0.05) is 15.9 Å². The second-order valence-corrected chi connectivity index (χ2v) is 5.37. The van der Waals surface area contributed by atoms with Crippen molar-refractivity contribution in [2.75, 3.05) is 6.61 Å². The van der Waals surface area contributed by atoms with Crippen molar-refractivity contribution in [3.63, 3.8) is 0 Å². The minimum Gasteiger partial charge on any atom is -0.492 e. The summed E-state index contributed by atoms with van der Waals surface area (Å²) in [5.74, 6) is -0.527. The molecule has 1 heterocycles. The summed E-state index contributed by atoms with van der Waals surface area (Å²) in [6, 6.07) is 10.3. The van der Waals surface area contributed by atoms with Crippen LogP contribution < -0.4 is 10.3 Å². The first-order chi connectivity index (χ1) is 9.99. The molecule has 0 aliphatic rings. The molecule has 21 heavy (non-hydrogen) atoms. The zero-order chi connectivity index (χ0) is 15.4. The minimum absolute atomic E-state index is 0.232. The molecule has 0 amide bonds. The second-order valence-electron chi connectivity index (χ2n) is 4.45. The Morgan fingerprint density at radius 3 is 2.52 bits per heavy atom. The highest BCUT2D eigenvalue weighted by Crippen LogP contribution is 2.16. The molecule has 0 radical (unpaired) electrons. The normalized spacial score (nSPS) is 10.4. The highest BCUT2D eigenvalue weighted by molar-refractivity contribution is 9.10. The zero-order valence-electron chi connectivity index (χ0n) is 11.4. The number of benzene rings is 1. The summed E-state index contributed by atoms with van der Waals surface area (Å²) in [5.41, 5.74) is -0.0458. The number of pyridine rings is 1. The van der Waals surface area contributed by atoms with Gasteiger partial charge in [0.2, 0.25) is 0 Å². The van der Waals surface area contributed by atoms with E-state index in [1.807, 2.05) is 24.3 Å². The minimum atomic E-state index is -1.22. The number of nitrogens with zero attached hydrogens (tertiary/aromatic N) is 1. The molecule has 0 spiro atoms. The first-order valence-electron chi connectivity index (χ1n) is 6.31. The molecule has 0 aliphatic carbocycles. The van der Waals surface area contributed by atoms with Crippen molar-refractivity contribution >= 4 is 21.9 Å². The Hall–Kier alpha value is -2.08. The Labute approximate surface area is 129 Å². The molecule has 0 aliphatic heterocycles. The molecule has 0 unspecified atom stereocenters. The van der Waals surface area contributed by atoms with Gasteiger partial charge in [-0.3, -0.25) is 4.79 Å². The number of carboxylic acid groups (broad SMARTS) is 1. The number of halogens is 1. The summed E-state index contributed by atoms with van der Waals surface area (Å²) in [7, 11) is 0. The van der Waals surface area contributed by atoms with Crippen LogP contribution in [-0.2, 0) is 6.54 Å². The van der Waals surface area contributed by atoms with Gasteiger partial charge in [-0.15, -0.1) is 0 Å². The van der Waals surface area contributed by atoms with Gasteiger partial charge in [-0.2, -0.15) is 0 Å². The number of hydrogen-bond donors (Lipinski definition) is 1. The van der Waals surface area contributed by atoms with E-state index in [1.54, 1.807) is 13.0 Å². The van der Waals surface area contributed by atoms with Gasteiger partial charge in [0.1, 0.15) is 17.9 Å². The molecule has 1 N–H and O–H groups in total. The Kier molecular flexibility index (Phi) is 4.80. The smallest absolute Gasteiger partial charge is 0.341 e. The van der Waals surface area contributed by atoms with Gasteiger partial charge in [-0.05, 0) is 43.3 Å². The summed E-state index contributed by atoms with van der Waals surface area (Å²) in [6.07, 6.45) is 0. The van der Waals surface area contributed by atoms with Crippen molar-refractivity contribution in [3.05, 3.63) is 62.5 Å². The van der Waals surface area contributed by atoms with E-state index in [0.717, 1.165) is 4.47 Å². The molecule has 2 rings (SSSR count). The SMILES string of the molecule is Cc1ccc(C(=O)O)c(=O)n1CCOc1ccc(Br)cc1. The third kappa shape index (κ3) is 3.72. The quantitative estimate of drug-likeness (QED) is 0.899. The number of aromatic nitrogens is 1. The number of hydrogen-bond acceptors (Lipinski definition) is 3. The summed E-state index contributed by atoms with van der Waals surface area (Å²) < 4.78 is 7.91. The zero-order valence-corrected chi connectivity index (χ0v) is 13.0. The van der Waals surface area contributed by atoms with Crippen LogP contribution in [0.5, 0.6) is 5.75 Å². The largest absolute Gasteiger partial charge is 0.492 e. The summed E-state index contributed by atoms with van der Waals surface area (Å²) in [5, 5.41) is 8.96. The topological polar surface area (TPSA) is 68.5 Å². The lowest BCUT2D eigenvalue weighted by Gasteiger charge is -2.12.